The number of rotatable bonds is 3. The normalized spacial score (nSPS) is 10.6. The van der Waals surface area contributed by atoms with Crippen LogP contribution in [0.1, 0.15) is 21.9 Å². The molecular formula is C10H8BrN3O4. The number of hydrogen-bond donors (Lipinski definition) is 1. The number of aryl methyl sites for hydroxylation is 1. The Labute approximate surface area is 109 Å². The van der Waals surface area contributed by atoms with Crippen LogP contribution in [-0.4, -0.2) is 25.8 Å². The minimum atomic E-state index is -1.18. The van der Waals surface area contributed by atoms with Gasteiger partial charge in [0.05, 0.1) is 18.6 Å². The van der Waals surface area contributed by atoms with Crippen LogP contribution in [0.4, 0.5) is 0 Å². The number of hydrogen-bond acceptors (Lipinski definition) is 5. The highest BCUT2D eigenvalue weighted by molar-refractivity contribution is 9.10. The summed E-state index contributed by atoms with van der Waals surface area (Å²) in [5.74, 6) is -0.910. The van der Waals surface area contributed by atoms with Crippen molar-refractivity contribution in [2.24, 2.45) is 0 Å². The fourth-order valence-corrected chi connectivity index (χ4v) is 1.65. The zero-order chi connectivity index (χ0) is 13.3. The van der Waals surface area contributed by atoms with Gasteiger partial charge in [0.15, 0.2) is 11.5 Å². The van der Waals surface area contributed by atoms with E-state index < -0.39 is 5.97 Å². The predicted octanol–water partition coefficient (Wildman–Crippen LogP) is 1.05. The van der Waals surface area contributed by atoms with Crippen LogP contribution < -0.4 is 5.56 Å². The molecule has 2 aromatic heterocycles. The molecule has 0 saturated carbocycles. The maximum absolute atomic E-state index is 11.8. The van der Waals surface area contributed by atoms with Crippen molar-refractivity contribution < 1.29 is 14.4 Å². The van der Waals surface area contributed by atoms with Crippen LogP contribution in [0.15, 0.2) is 26.2 Å². The number of carboxylic acids is 1. The van der Waals surface area contributed by atoms with Crippen molar-refractivity contribution in [2.45, 2.75) is 13.5 Å². The molecule has 0 atom stereocenters. The van der Waals surface area contributed by atoms with Gasteiger partial charge < -0.3 is 9.63 Å². The van der Waals surface area contributed by atoms with Crippen molar-refractivity contribution in [3.05, 3.63) is 44.4 Å². The molecule has 0 aromatic carbocycles. The highest BCUT2D eigenvalue weighted by atomic mass is 79.9. The van der Waals surface area contributed by atoms with Crippen molar-refractivity contribution in [1.82, 2.24) is 14.7 Å². The lowest BCUT2D eigenvalue weighted by molar-refractivity contribution is 0.0685. The van der Waals surface area contributed by atoms with Gasteiger partial charge in [0.25, 0.3) is 5.56 Å². The van der Waals surface area contributed by atoms with Gasteiger partial charge in [-0.2, -0.15) is 0 Å². The Balaban J connectivity index is 2.31. The van der Waals surface area contributed by atoms with E-state index in [1.165, 1.54) is 17.0 Å². The van der Waals surface area contributed by atoms with Crippen LogP contribution in [0, 0.1) is 6.92 Å². The van der Waals surface area contributed by atoms with Crippen molar-refractivity contribution in [3.8, 4) is 0 Å². The van der Waals surface area contributed by atoms with Gasteiger partial charge in [-0.3, -0.25) is 9.36 Å². The zero-order valence-corrected chi connectivity index (χ0v) is 10.8. The quantitative estimate of drug-likeness (QED) is 0.909. The lowest BCUT2D eigenvalue weighted by Gasteiger charge is -2.03. The summed E-state index contributed by atoms with van der Waals surface area (Å²) in [5, 5.41) is 12.0. The molecule has 0 aliphatic carbocycles. The van der Waals surface area contributed by atoms with Gasteiger partial charge in [0.2, 0.25) is 0 Å². The topological polar surface area (TPSA) is 98.2 Å². The maximum Gasteiger partial charge on any atom is 0.358 e. The summed E-state index contributed by atoms with van der Waals surface area (Å²) in [6.07, 6.45) is 1.37. The smallest absolute Gasteiger partial charge is 0.358 e. The Bertz CT molecular complexity index is 661. The molecule has 0 aliphatic rings. The highest BCUT2D eigenvalue weighted by Crippen LogP contribution is 2.08. The van der Waals surface area contributed by atoms with E-state index in [2.05, 4.69) is 26.1 Å². The second-order valence-electron chi connectivity index (χ2n) is 3.56. The molecule has 0 spiro atoms. The summed E-state index contributed by atoms with van der Waals surface area (Å²) >= 11 is 3.14. The van der Waals surface area contributed by atoms with E-state index in [0.29, 0.717) is 10.2 Å². The molecule has 0 radical (unpaired) electrons. The first-order valence-electron chi connectivity index (χ1n) is 4.89. The van der Waals surface area contributed by atoms with Crippen molar-refractivity contribution in [3.63, 3.8) is 0 Å². The molecule has 8 heteroatoms. The Hall–Kier alpha value is -1.96. The molecule has 0 bridgehead atoms. The van der Waals surface area contributed by atoms with Crippen LogP contribution >= 0.6 is 15.9 Å². The van der Waals surface area contributed by atoms with Crippen molar-refractivity contribution in [1.29, 1.82) is 0 Å². The van der Waals surface area contributed by atoms with E-state index in [-0.39, 0.29) is 23.6 Å². The number of aromatic nitrogens is 3. The van der Waals surface area contributed by atoms with Crippen molar-refractivity contribution >= 4 is 21.9 Å². The molecule has 0 unspecified atom stereocenters. The average molecular weight is 314 g/mol. The third kappa shape index (κ3) is 2.33. The van der Waals surface area contributed by atoms with Crippen LogP contribution in [0.25, 0.3) is 0 Å². The fourth-order valence-electron chi connectivity index (χ4n) is 1.32. The Kier molecular flexibility index (Phi) is 3.28. The van der Waals surface area contributed by atoms with E-state index in [0.717, 1.165) is 0 Å². The SMILES string of the molecule is Cc1ncn(Cc2cc(C(=O)O)no2)c(=O)c1Br. The first-order valence-corrected chi connectivity index (χ1v) is 5.68. The lowest BCUT2D eigenvalue weighted by Crippen LogP contribution is -2.22. The zero-order valence-electron chi connectivity index (χ0n) is 9.25. The largest absolute Gasteiger partial charge is 0.476 e. The minimum Gasteiger partial charge on any atom is -0.476 e. The summed E-state index contributed by atoms with van der Waals surface area (Å²) in [6, 6.07) is 1.27. The summed E-state index contributed by atoms with van der Waals surface area (Å²) in [7, 11) is 0. The maximum atomic E-state index is 11.8. The second kappa shape index (κ2) is 4.73. The number of halogens is 1. The molecule has 7 nitrogen and oxygen atoms in total. The van der Waals surface area contributed by atoms with E-state index in [1.54, 1.807) is 6.92 Å². The summed E-state index contributed by atoms with van der Waals surface area (Å²) in [6.45, 7) is 1.78. The van der Waals surface area contributed by atoms with Crippen LogP contribution in [0.5, 0.6) is 0 Å². The standard InChI is InChI=1S/C10H8BrN3O4/c1-5-8(11)9(15)14(4-12-5)3-6-2-7(10(16)17)13-18-6/h2,4H,3H2,1H3,(H,16,17). The van der Waals surface area contributed by atoms with Gasteiger partial charge in [-0.25, -0.2) is 9.78 Å². The summed E-state index contributed by atoms with van der Waals surface area (Å²) in [5.41, 5.74) is 0.119. The van der Waals surface area contributed by atoms with Gasteiger partial charge in [-0.05, 0) is 22.9 Å². The third-order valence-corrected chi connectivity index (χ3v) is 3.17. The lowest BCUT2D eigenvalue weighted by atomic mass is 10.3. The molecule has 2 rings (SSSR count). The molecule has 1 N–H and O–H groups in total. The van der Waals surface area contributed by atoms with E-state index in [1.807, 2.05) is 0 Å². The molecular weight excluding hydrogens is 306 g/mol. The van der Waals surface area contributed by atoms with E-state index in [9.17, 15) is 9.59 Å². The molecule has 0 saturated heterocycles. The van der Waals surface area contributed by atoms with Gasteiger partial charge >= 0.3 is 5.97 Å². The fraction of sp³-hybridized carbons (Fsp3) is 0.200. The van der Waals surface area contributed by atoms with E-state index in [4.69, 9.17) is 9.63 Å². The first kappa shape index (κ1) is 12.5. The number of carbonyl (C=O) groups is 1. The molecule has 0 amide bonds. The number of aromatic carboxylic acids is 1. The third-order valence-electron chi connectivity index (χ3n) is 2.26. The summed E-state index contributed by atoms with van der Waals surface area (Å²) in [4.78, 5) is 26.5. The molecule has 0 fully saturated rings. The van der Waals surface area contributed by atoms with Crippen LogP contribution in [0.2, 0.25) is 0 Å². The molecule has 0 aliphatic heterocycles. The van der Waals surface area contributed by atoms with Crippen LogP contribution in [-0.2, 0) is 6.54 Å². The number of carboxylic acid groups (broad SMARTS) is 1. The molecule has 94 valence electrons. The van der Waals surface area contributed by atoms with E-state index >= 15 is 0 Å². The van der Waals surface area contributed by atoms with Gasteiger partial charge in [-0.1, -0.05) is 5.16 Å². The van der Waals surface area contributed by atoms with Gasteiger partial charge in [0.1, 0.15) is 4.47 Å². The highest BCUT2D eigenvalue weighted by Gasteiger charge is 2.12. The first-order chi connectivity index (χ1) is 8.49. The molecule has 2 aromatic rings. The Morgan fingerprint density at radius 2 is 2.33 bits per heavy atom. The second-order valence-corrected chi connectivity index (χ2v) is 4.35. The molecule has 2 heterocycles. The Morgan fingerprint density at radius 3 is 2.94 bits per heavy atom. The predicted molar refractivity (Wildman–Crippen MR) is 63.5 cm³/mol. The summed E-state index contributed by atoms with van der Waals surface area (Å²) < 4.78 is 6.48. The van der Waals surface area contributed by atoms with Crippen molar-refractivity contribution in [2.75, 3.05) is 0 Å². The minimum absolute atomic E-state index is 0.0744. The number of nitrogens with zero attached hydrogens (tertiary/aromatic N) is 3. The van der Waals surface area contributed by atoms with Crippen LogP contribution in [0.3, 0.4) is 0 Å². The Morgan fingerprint density at radius 1 is 1.61 bits per heavy atom. The van der Waals surface area contributed by atoms with Gasteiger partial charge in [0, 0.05) is 6.07 Å². The van der Waals surface area contributed by atoms with Gasteiger partial charge in [-0.15, -0.1) is 0 Å². The monoisotopic (exact) mass is 313 g/mol. The molecule has 18 heavy (non-hydrogen) atoms. The average Bonchev–Trinajstić information content (AvgIpc) is 2.79.